The van der Waals surface area contributed by atoms with Crippen molar-refractivity contribution in [1.29, 1.82) is 0 Å². The maximum atomic E-state index is 9.07. The Morgan fingerprint density at radius 3 is 1.26 bits per heavy atom. The average Bonchev–Trinajstić information content (AvgIpc) is 3.13. The normalized spacial score (nSPS) is 11.6. The van der Waals surface area contributed by atoms with E-state index >= 15 is 0 Å². The van der Waals surface area contributed by atoms with Gasteiger partial charge < -0.3 is 38.8 Å². The Bertz CT molecular complexity index is 1290. The summed E-state index contributed by atoms with van der Waals surface area (Å²) in [5.41, 5.74) is 10.0. The third-order valence-electron chi connectivity index (χ3n) is 7.24. The molecule has 12 heteroatoms. The van der Waals surface area contributed by atoms with Crippen LogP contribution in [0.5, 0.6) is 0 Å². The van der Waals surface area contributed by atoms with Gasteiger partial charge in [0.25, 0.3) is 0 Å². The first kappa shape index (κ1) is 55.0. The molecule has 0 saturated heterocycles. The Kier molecular flexibility index (Phi) is 36.9. The van der Waals surface area contributed by atoms with Crippen molar-refractivity contribution >= 4 is 73.9 Å². The second-order valence-electron chi connectivity index (χ2n) is 12.4. The molecule has 304 valence electrons. The van der Waals surface area contributed by atoms with Crippen LogP contribution in [0.1, 0.15) is 62.3 Å². The van der Waals surface area contributed by atoms with Gasteiger partial charge in [0.15, 0.2) is 0 Å². The van der Waals surface area contributed by atoms with Crippen LogP contribution in [0.3, 0.4) is 0 Å². The Morgan fingerprint density at radius 1 is 0.593 bits per heavy atom. The lowest BCUT2D eigenvalue weighted by Gasteiger charge is -2.04. The SMILES string of the molecule is CC(Cl)C[NH2+]CCc1ccc(Cl)cc1.CC(O)CCCCc1ccc(Cl)cc1.CC(O)CN.Clc1ccc(CCBr)cc1.OCCc1ccc(Cl)cc1.[Cl-]. The van der Waals surface area contributed by atoms with Crippen molar-refractivity contribution in [3.8, 4) is 0 Å². The van der Waals surface area contributed by atoms with Gasteiger partial charge in [-0.3, -0.25) is 0 Å². The summed E-state index contributed by atoms with van der Waals surface area (Å²) in [6.07, 6.45) is 6.52. The van der Waals surface area contributed by atoms with Crippen molar-refractivity contribution < 1.29 is 33.0 Å². The lowest BCUT2D eigenvalue weighted by atomic mass is 10.1. The molecule has 0 amide bonds. The van der Waals surface area contributed by atoms with Gasteiger partial charge in [0.2, 0.25) is 0 Å². The first-order chi connectivity index (χ1) is 25.3. The largest absolute Gasteiger partial charge is 1.00 e. The number of benzene rings is 4. The Labute approximate surface area is 364 Å². The summed E-state index contributed by atoms with van der Waals surface area (Å²) in [7, 11) is 0. The molecular formula is C42H59BrCl6N2O3. The summed E-state index contributed by atoms with van der Waals surface area (Å²) >= 11 is 32.1. The summed E-state index contributed by atoms with van der Waals surface area (Å²) in [6.45, 7) is 8.12. The van der Waals surface area contributed by atoms with E-state index in [1.807, 2.05) is 86.6 Å². The quantitative estimate of drug-likeness (QED) is 0.0656. The van der Waals surface area contributed by atoms with Crippen LogP contribution in [-0.2, 0) is 25.7 Å². The maximum absolute atomic E-state index is 9.07. The molecule has 0 radical (unpaired) electrons. The summed E-state index contributed by atoms with van der Waals surface area (Å²) in [6, 6.07) is 31.4. The van der Waals surface area contributed by atoms with Crippen LogP contribution in [-0.4, -0.2) is 64.5 Å². The summed E-state index contributed by atoms with van der Waals surface area (Å²) < 4.78 is 0. The van der Waals surface area contributed by atoms with E-state index in [2.05, 4.69) is 45.5 Å². The molecular weight excluding hydrogens is 873 g/mol. The van der Waals surface area contributed by atoms with E-state index in [4.69, 9.17) is 79.1 Å². The van der Waals surface area contributed by atoms with E-state index in [-0.39, 0.29) is 36.6 Å². The number of quaternary nitrogens is 1. The number of aliphatic hydroxyl groups is 3. The van der Waals surface area contributed by atoms with Crippen molar-refractivity contribution in [1.82, 2.24) is 0 Å². The number of halogens is 7. The molecule has 4 aromatic rings. The van der Waals surface area contributed by atoms with Crippen LogP contribution in [0.4, 0.5) is 0 Å². The number of hydrogen-bond donors (Lipinski definition) is 5. The molecule has 4 aromatic carbocycles. The van der Waals surface area contributed by atoms with Gasteiger partial charge in [-0.1, -0.05) is 117 Å². The minimum absolute atomic E-state index is 0. The van der Waals surface area contributed by atoms with Crippen molar-refractivity contribution in [3.05, 3.63) is 139 Å². The number of hydrogen-bond acceptors (Lipinski definition) is 4. The molecule has 0 saturated carbocycles. The molecule has 0 fully saturated rings. The summed E-state index contributed by atoms with van der Waals surface area (Å²) in [5, 5.41) is 32.5. The zero-order chi connectivity index (χ0) is 39.9. The highest BCUT2D eigenvalue weighted by atomic mass is 79.9. The Hall–Kier alpha value is -1.10. The van der Waals surface area contributed by atoms with E-state index in [9.17, 15) is 0 Å². The minimum Gasteiger partial charge on any atom is -1.00 e. The molecule has 0 heterocycles. The molecule has 3 unspecified atom stereocenters. The monoisotopic (exact) mass is 928 g/mol. The molecule has 0 aromatic heterocycles. The summed E-state index contributed by atoms with van der Waals surface area (Å²) in [4.78, 5) is 0. The third kappa shape index (κ3) is 34.2. The zero-order valence-corrected chi connectivity index (χ0v) is 37.7. The first-order valence-electron chi connectivity index (χ1n) is 18.0. The predicted octanol–water partition coefficient (Wildman–Crippen LogP) is 6.99. The smallest absolute Gasteiger partial charge is 0.0919 e. The van der Waals surface area contributed by atoms with E-state index < -0.39 is 0 Å². The number of unbranched alkanes of at least 4 members (excludes halogenated alkanes) is 1. The van der Waals surface area contributed by atoms with E-state index in [1.165, 1.54) is 16.7 Å². The second-order valence-corrected chi connectivity index (χ2v) is 15.7. The van der Waals surface area contributed by atoms with E-state index in [0.29, 0.717) is 13.0 Å². The van der Waals surface area contributed by atoms with Crippen LogP contribution in [0.15, 0.2) is 97.1 Å². The number of aryl methyl sites for hydroxylation is 2. The number of rotatable bonds is 15. The number of nitrogens with two attached hydrogens (primary N) is 2. The van der Waals surface area contributed by atoms with Crippen LogP contribution in [0.25, 0.3) is 0 Å². The van der Waals surface area contributed by atoms with Gasteiger partial charge in [0.05, 0.1) is 30.7 Å². The molecule has 4 rings (SSSR count). The molecule has 0 aliphatic rings. The fourth-order valence-corrected chi connectivity index (χ4v) is 5.32. The fourth-order valence-electron chi connectivity index (χ4n) is 4.23. The minimum atomic E-state index is -0.338. The number of alkyl halides is 2. The molecule has 5 nitrogen and oxygen atoms in total. The van der Waals surface area contributed by atoms with Crippen LogP contribution in [0, 0.1) is 0 Å². The highest BCUT2D eigenvalue weighted by Gasteiger charge is 2.00. The van der Waals surface area contributed by atoms with E-state index in [1.54, 1.807) is 6.92 Å². The highest BCUT2D eigenvalue weighted by Crippen LogP contribution is 2.13. The average molecular weight is 933 g/mol. The van der Waals surface area contributed by atoms with Crippen LogP contribution >= 0.6 is 73.9 Å². The van der Waals surface area contributed by atoms with E-state index in [0.717, 1.165) is 82.6 Å². The van der Waals surface area contributed by atoms with Gasteiger partial charge in [-0.15, -0.1) is 11.6 Å². The van der Waals surface area contributed by atoms with Crippen LogP contribution in [0.2, 0.25) is 20.1 Å². The molecule has 0 aliphatic carbocycles. The maximum Gasteiger partial charge on any atom is 0.0919 e. The van der Waals surface area contributed by atoms with Gasteiger partial charge in [0.1, 0.15) is 0 Å². The molecule has 0 bridgehead atoms. The first-order valence-corrected chi connectivity index (χ1v) is 21.0. The molecule has 0 spiro atoms. The van der Waals surface area contributed by atoms with Crippen molar-refractivity contribution in [2.45, 2.75) is 83.3 Å². The third-order valence-corrected chi connectivity index (χ3v) is 8.83. The van der Waals surface area contributed by atoms with Crippen LogP contribution < -0.4 is 23.5 Å². The van der Waals surface area contributed by atoms with Crippen molar-refractivity contribution in [3.63, 3.8) is 0 Å². The number of aliphatic hydroxyl groups excluding tert-OH is 3. The Morgan fingerprint density at radius 2 is 0.944 bits per heavy atom. The lowest BCUT2D eigenvalue weighted by molar-refractivity contribution is -0.653. The highest BCUT2D eigenvalue weighted by molar-refractivity contribution is 9.09. The topological polar surface area (TPSA) is 103 Å². The Balaban J connectivity index is 0. The van der Waals surface area contributed by atoms with Gasteiger partial charge in [-0.05, 0) is 124 Å². The fraction of sp³-hybridized carbons (Fsp3) is 0.429. The van der Waals surface area contributed by atoms with Gasteiger partial charge in [-0.25, -0.2) is 0 Å². The van der Waals surface area contributed by atoms with Gasteiger partial charge in [0, 0.05) is 45.0 Å². The lowest BCUT2D eigenvalue weighted by Crippen LogP contribution is -3.00. The van der Waals surface area contributed by atoms with Crippen molar-refractivity contribution in [2.75, 3.05) is 31.6 Å². The predicted molar refractivity (Wildman–Crippen MR) is 235 cm³/mol. The zero-order valence-electron chi connectivity index (χ0n) is 31.6. The van der Waals surface area contributed by atoms with Gasteiger partial charge in [-0.2, -0.15) is 0 Å². The molecule has 54 heavy (non-hydrogen) atoms. The molecule has 7 N–H and O–H groups in total. The summed E-state index contributed by atoms with van der Waals surface area (Å²) in [5.74, 6) is 0. The van der Waals surface area contributed by atoms with Crippen molar-refractivity contribution in [2.24, 2.45) is 5.73 Å². The second kappa shape index (κ2) is 36.3. The molecule has 3 atom stereocenters. The molecule has 0 aliphatic heterocycles. The van der Waals surface area contributed by atoms with Gasteiger partial charge >= 0.3 is 0 Å². The standard InChI is InChI=1S/C12H17ClO.C11H15Cl2N.C8H8BrCl.C8H9ClO.C3H9NO.ClH/c1-10(14)4-2-3-5-11-6-8-12(13)9-7-11;1-9(12)8-14-7-6-10-2-4-11(13)5-3-10;9-6-5-7-1-3-8(10)4-2-7;9-8-3-1-7(2-4-8)5-6-10;1-3(5)2-4;/h6-10,14H,2-5H2,1H3;2-5,9,14H,6-8H2,1H3;1-4H,5-6H2;1-4,10H,5-6H2;3,5H,2,4H2,1H3;1H.